The van der Waals surface area contributed by atoms with Gasteiger partial charge in [0.1, 0.15) is 10.8 Å². The molecule has 37 heavy (non-hydrogen) atoms. The van der Waals surface area contributed by atoms with E-state index < -0.39 is 5.92 Å². The molecule has 1 aliphatic heterocycles. The third kappa shape index (κ3) is 5.10. The number of amides is 1. The summed E-state index contributed by atoms with van der Waals surface area (Å²) in [5.41, 5.74) is 8.81. The van der Waals surface area contributed by atoms with Gasteiger partial charge in [-0.15, -0.1) is 20.4 Å². The highest BCUT2D eigenvalue weighted by Crippen LogP contribution is 2.47. The number of aryl methyl sites for hydroxylation is 1. The predicted octanol–water partition coefficient (Wildman–Crippen LogP) is 4.39. The van der Waals surface area contributed by atoms with E-state index in [0.717, 1.165) is 16.3 Å². The highest BCUT2D eigenvalue weighted by Gasteiger charge is 2.41. The lowest BCUT2D eigenvalue weighted by molar-refractivity contribution is -0.116. The number of nitrogens with zero attached hydrogens (tertiary/aromatic N) is 6. The van der Waals surface area contributed by atoms with Crippen LogP contribution in [0.15, 0.2) is 51.3 Å². The maximum atomic E-state index is 13.2. The first-order valence-corrected chi connectivity index (χ1v) is 14.1. The second kappa shape index (κ2) is 10.6. The summed E-state index contributed by atoms with van der Waals surface area (Å²) in [6.45, 7) is 1.81. The second-order valence-corrected chi connectivity index (χ2v) is 12.0. The summed E-state index contributed by atoms with van der Waals surface area (Å²) in [6, 6.07) is 9.35. The van der Waals surface area contributed by atoms with E-state index in [1.807, 2.05) is 6.07 Å². The number of ketones is 1. The van der Waals surface area contributed by atoms with Gasteiger partial charge in [0.2, 0.25) is 16.2 Å². The minimum atomic E-state index is -0.600. The second-order valence-electron chi connectivity index (χ2n) is 8.18. The summed E-state index contributed by atoms with van der Waals surface area (Å²) < 4.78 is 0.547. The number of nitrogens with one attached hydrogen (secondary N) is 1. The number of nitrogens with two attached hydrogens (primary N) is 1. The molecule has 14 heteroatoms. The summed E-state index contributed by atoms with van der Waals surface area (Å²) in [6.07, 6.45) is 1.66. The van der Waals surface area contributed by atoms with E-state index in [1.54, 1.807) is 30.0 Å². The van der Waals surface area contributed by atoms with Crippen molar-refractivity contribution in [3.63, 3.8) is 0 Å². The van der Waals surface area contributed by atoms with Gasteiger partial charge in [-0.2, -0.15) is 5.26 Å². The van der Waals surface area contributed by atoms with Crippen LogP contribution in [-0.2, 0) is 9.59 Å². The number of thioether (sulfide) groups is 1. The van der Waals surface area contributed by atoms with Crippen LogP contribution in [0.1, 0.15) is 35.8 Å². The Morgan fingerprint density at radius 1 is 1.30 bits per heavy atom. The van der Waals surface area contributed by atoms with Crippen molar-refractivity contribution < 1.29 is 9.59 Å². The van der Waals surface area contributed by atoms with Gasteiger partial charge in [0, 0.05) is 22.7 Å². The van der Waals surface area contributed by atoms with Crippen molar-refractivity contribution in [3.05, 3.63) is 62.5 Å². The first-order valence-electron chi connectivity index (χ1n) is 11.1. The third-order valence-corrected chi connectivity index (χ3v) is 8.81. The van der Waals surface area contributed by atoms with Crippen LogP contribution in [0, 0.1) is 18.3 Å². The van der Waals surface area contributed by atoms with Gasteiger partial charge in [0.15, 0.2) is 10.1 Å². The minimum Gasteiger partial charge on any atom is -0.384 e. The van der Waals surface area contributed by atoms with Crippen LogP contribution in [0.4, 0.5) is 10.3 Å². The molecule has 0 saturated carbocycles. The standard InChI is InChI=1S/C23H19ClN8O2S3/c1-11-28-29-21(36-11)27-17(34)10-35-23-31-30-22(37-23)32-15-6-3-7-16(33)19(15)18(14(9-25)20(32)26)12-4-2-5-13(24)8-12/h2,4-5,8,18H,3,6-7,10,26H2,1H3,(H,27,29,34). The summed E-state index contributed by atoms with van der Waals surface area (Å²) in [5.74, 6) is -0.561. The summed E-state index contributed by atoms with van der Waals surface area (Å²) in [4.78, 5) is 27.2. The maximum Gasteiger partial charge on any atom is 0.236 e. The number of halogens is 1. The van der Waals surface area contributed by atoms with Crippen LogP contribution in [0.2, 0.25) is 5.02 Å². The van der Waals surface area contributed by atoms with E-state index in [2.05, 4.69) is 31.8 Å². The number of benzene rings is 1. The Morgan fingerprint density at radius 2 is 2.14 bits per heavy atom. The third-order valence-electron chi connectivity index (χ3n) is 5.78. The lowest BCUT2D eigenvalue weighted by Crippen LogP contribution is -2.38. The van der Waals surface area contributed by atoms with Crippen LogP contribution in [0.5, 0.6) is 0 Å². The molecule has 0 spiro atoms. The molecule has 188 valence electrons. The Balaban J connectivity index is 1.44. The Kier molecular flexibility index (Phi) is 7.25. The summed E-state index contributed by atoms with van der Waals surface area (Å²) in [5, 5.41) is 31.2. The number of aromatic nitrogens is 4. The highest BCUT2D eigenvalue weighted by molar-refractivity contribution is 8.01. The molecule has 2 aliphatic rings. The van der Waals surface area contributed by atoms with Crippen molar-refractivity contribution >= 4 is 68.0 Å². The summed E-state index contributed by atoms with van der Waals surface area (Å²) >= 11 is 9.98. The number of nitriles is 1. The molecule has 2 aromatic heterocycles. The van der Waals surface area contributed by atoms with Gasteiger partial charge >= 0.3 is 0 Å². The lowest BCUT2D eigenvalue weighted by atomic mass is 9.76. The van der Waals surface area contributed by atoms with E-state index in [0.29, 0.717) is 44.5 Å². The smallest absolute Gasteiger partial charge is 0.236 e. The number of carbonyl (C=O) groups excluding carboxylic acids is 2. The van der Waals surface area contributed by atoms with E-state index in [1.165, 1.54) is 34.4 Å². The van der Waals surface area contributed by atoms with Gasteiger partial charge in [-0.25, -0.2) is 0 Å². The van der Waals surface area contributed by atoms with Crippen molar-refractivity contribution in [1.82, 2.24) is 20.4 Å². The Morgan fingerprint density at radius 3 is 2.86 bits per heavy atom. The fraction of sp³-hybridized carbons (Fsp3) is 0.261. The Hall–Kier alpha value is -3.31. The molecular weight excluding hydrogens is 552 g/mol. The number of carbonyl (C=O) groups is 2. The molecule has 0 radical (unpaired) electrons. The van der Waals surface area contributed by atoms with Gasteiger partial charge in [-0.1, -0.05) is 58.2 Å². The SMILES string of the molecule is Cc1nnc(NC(=O)CSc2nnc(N3C(N)=C(C#N)C(c4cccc(Cl)c4)C4=C3CCCC4=O)s2)s1. The van der Waals surface area contributed by atoms with E-state index in [-0.39, 0.29) is 28.8 Å². The van der Waals surface area contributed by atoms with E-state index in [9.17, 15) is 14.9 Å². The van der Waals surface area contributed by atoms with Crippen molar-refractivity contribution in [2.75, 3.05) is 16.0 Å². The normalized spacial score (nSPS) is 17.6. The number of allylic oxidation sites excluding steroid dienone is 3. The predicted molar refractivity (Wildman–Crippen MR) is 143 cm³/mol. The number of hydrogen-bond acceptors (Lipinski definition) is 12. The molecule has 0 saturated heterocycles. The van der Waals surface area contributed by atoms with E-state index in [4.69, 9.17) is 17.3 Å². The molecule has 3 heterocycles. The molecule has 10 nitrogen and oxygen atoms in total. The van der Waals surface area contributed by atoms with Crippen LogP contribution in [0.3, 0.4) is 0 Å². The molecule has 5 rings (SSSR count). The monoisotopic (exact) mass is 570 g/mol. The minimum absolute atomic E-state index is 0.0285. The van der Waals surface area contributed by atoms with Gasteiger partial charge in [0.05, 0.1) is 23.3 Å². The fourth-order valence-electron chi connectivity index (χ4n) is 4.31. The maximum absolute atomic E-state index is 13.2. The molecule has 0 bridgehead atoms. The quantitative estimate of drug-likeness (QED) is 0.408. The average Bonchev–Trinajstić information content (AvgIpc) is 3.50. The van der Waals surface area contributed by atoms with Crippen LogP contribution < -0.4 is 16.0 Å². The largest absolute Gasteiger partial charge is 0.384 e. The molecule has 0 fully saturated rings. The number of hydrogen-bond donors (Lipinski definition) is 2. The first-order chi connectivity index (χ1) is 17.9. The molecule has 1 unspecified atom stereocenters. The van der Waals surface area contributed by atoms with Crippen LogP contribution >= 0.6 is 46.0 Å². The molecular formula is C23H19ClN8O2S3. The van der Waals surface area contributed by atoms with Crippen molar-refractivity contribution in [3.8, 4) is 6.07 Å². The van der Waals surface area contributed by atoms with Crippen LogP contribution in [0.25, 0.3) is 0 Å². The van der Waals surface area contributed by atoms with E-state index >= 15 is 0 Å². The van der Waals surface area contributed by atoms with Crippen molar-refractivity contribution in [1.29, 1.82) is 5.26 Å². The first kappa shape index (κ1) is 25.3. The molecule has 1 aliphatic carbocycles. The van der Waals surface area contributed by atoms with Gasteiger partial charge in [-0.05, 0) is 37.5 Å². The molecule has 3 aromatic rings. The molecule has 1 atom stereocenters. The zero-order chi connectivity index (χ0) is 26.1. The number of Topliss-reactive ketones (excluding diaryl/α,β-unsaturated/α-hetero) is 1. The number of anilines is 2. The van der Waals surface area contributed by atoms with Crippen molar-refractivity contribution in [2.24, 2.45) is 5.73 Å². The molecule has 1 amide bonds. The number of rotatable bonds is 6. The summed E-state index contributed by atoms with van der Waals surface area (Å²) in [7, 11) is 0. The Bertz CT molecular complexity index is 1510. The topological polar surface area (TPSA) is 151 Å². The zero-order valence-corrected chi connectivity index (χ0v) is 22.6. The zero-order valence-electron chi connectivity index (χ0n) is 19.4. The lowest BCUT2D eigenvalue weighted by Gasteiger charge is -2.38. The average molecular weight is 571 g/mol. The van der Waals surface area contributed by atoms with Gasteiger partial charge in [0.25, 0.3) is 0 Å². The Labute approximate surface area is 229 Å². The molecule has 3 N–H and O–H groups in total. The van der Waals surface area contributed by atoms with Crippen molar-refractivity contribution in [2.45, 2.75) is 36.4 Å². The highest BCUT2D eigenvalue weighted by atomic mass is 35.5. The molecule has 1 aromatic carbocycles. The van der Waals surface area contributed by atoms with Gasteiger partial charge < -0.3 is 5.73 Å². The fourth-order valence-corrected chi connectivity index (χ4v) is 6.79. The van der Waals surface area contributed by atoms with Gasteiger partial charge in [-0.3, -0.25) is 19.8 Å². The van der Waals surface area contributed by atoms with Crippen LogP contribution in [-0.4, -0.2) is 37.8 Å².